The van der Waals surface area contributed by atoms with E-state index in [-0.39, 0.29) is 24.0 Å². The fraction of sp³-hybridized carbons (Fsp3) is 0.632. The predicted molar refractivity (Wildman–Crippen MR) is 181 cm³/mol. The van der Waals surface area contributed by atoms with E-state index in [2.05, 4.69) is 93.2 Å². The standard InChI is InChI=1S/C19H30N.C12H21Cl.C7H9N.HI/c1-4-5-6-7-8-9-10-11-12-13-15-20-16-14-18(2)19(3)17-20;1-2-3-4-5-6-7-8-9-10-11-12-13;1-6-3-4-8-5-7(6)2;/h14,16-17H,4-6,9-13,15H2,1-3H3;2-4,7-12H2,1H3;3-5H,1-2H3;1H/q+1;;;/p-1. The lowest BCUT2D eigenvalue weighted by molar-refractivity contribution is -0.697. The van der Waals surface area contributed by atoms with E-state index < -0.39 is 0 Å². The van der Waals surface area contributed by atoms with Crippen LogP contribution in [0.3, 0.4) is 0 Å². The molecule has 236 valence electrons. The van der Waals surface area contributed by atoms with Gasteiger partial charge in [-0.3, -0.25) is 4.98 Å². The molecule has 0 atom stereocenters. The molecule has 2 aromatic heterocycles. The number of pyridine rings is 2. The number of halogens is 2. The molecule has 0 unspecified atom stereocenters. The van der Waals surface area contributed by atoms with Crippen molar-refractivity contribution in [3.8, 4) is 23.7 Å². The van der Waals surface area contributed by atoms with Crippen LogP contribution < -0.4 is 28.5 Å². The first-order valence-corrected chi connectivity index (χ1v) is 16.8. The Bertz CT molecular complexity index is 992. The summed E-state index contributed by atoms with van der Waals surface area (Å²) in [6.45, 7) is 14.1. The van der Waals surface area contributed by atoms with E-state index >= 15 is 0 Å². The van der Waals surface area contributed by atoms with Crippen molar-refractivity contribution in [1.82, 2.24) is 4.98 Å². The van der Waals surface area contributed by atoms with Crippen LogP contribution in [0.15, 0.2) is 36.9 Å². The predicted octanol–water partition coefficient (Wildman–Crippen LogP) is 7.81. The molecule has 2 aromatic rings. The highest BCUT2D eigenvalue weighted by atomic mass is 127. The fourth-order valence-corrected chi connectivity index (χ4v) is 4.01. The molecule has 0 N–H and O–H groups in total. The Morgan fingerprint density at radius 1 is 0.619 bits per heavy atom. The number of rotatable bonds is 15. The molecule has 2 heterocycles. The summed E-state index contributed by atoms with van der Waals surface area (Å²) in [4.78, 5) is 3.95. The van der Waals surface area contributed by atoms with Crippen molar-refractivity contribution in [2.45, 2.75) is 151 Å². The first kappa shape index (κ1) is 42.6. The van der Waals surface area contributed by atoms with Gasteiger partial charge in [-0.2, -0.15) is 0 Å². The Balaban J connectivity index is 0. The monoisotopic (exact) mass is 706 g/mol. The number of unbranched alkanes of at least 4 members (excludes halogenated alkanes) is 12. The molecule has 2 nitrogen and oxygen atoms in total. The lowest BCUT2D eigenvalue weighted by Gasteiger charge is -2.00. The van der Waals surface area contributed by atoms with Gasteiger partial charge in [-0.05, 0) is 89.0 Å². The van der Waals surface area contributed by atoms with E-state index in [1.807, 2.05) is 18.5 Å². The van der Waals surface area contributed by atoms with Crippen molar-refractivity contribution in [2.75, 3.05) is 5.88 Å². The largest absolute Gasteiger partial charge is 1.00 e. The highest BCUT2D eigenvalue weighted by molar-refractivity contribution is 6.17. The van der Waals surface area contributed by atoms with Crippen LogP contribution in [0.1, 0.15) is 139 Å². The van der Waals surface area contributed by atoms with Crippen LogP contribution in [0.25, 0.3) is 0 Å². The molecule has 0 saturated carbocycles. The summed E-state index contributed by atoms with van der Waals surface area (Å²) in [7, 11) is 0. The molecular formula is C38H60ClIN2. The van der Waals surface area contributed by atoms with E-state index in [9.17, 15) is 0 Å². The van der Waals surface area contributed by atoms with Crippen LogP contribution in [-0.4, -0.2) is 10.9 Å². The Labute approximate surface area is 283 Å². The first-order valence-electron chi connectivity index (χ1n) is 16.3. The minimum atomic E-state index is 0. The summed E-state index contributed by atoms with van der Waals surface area (Å²) in [6, 6.07) is 4.22. The zero-order valence-corrected chi connectivity index (χ0v) is 30.8. The van der Waals surface area contributed by atoms with Gasteiger partial charge in [-0.15, -0.1) is 35.3 Å². The van der Waals surface area contributed by atoms with E-state index in [4.69, 9.17) is 11.6 Å². The molecule has 0 saturated heterocycles. The van der Waals surface area contributed by atoms with E-state index in [1.54, 1.807) is 0 Å². The topological polar surface area (TPSA) is 16.8 Å². The van der Waals surface area contributed by atoms with Gasteiger partial charge in [0.05, 0.1) is 0 Å². The maximum atomic E-state index is 5.57. The summed E-state index contributed by atoms with van der Waals surface area (Å²) < 4.78 is 2.31. The van der Waals surface area contributed by atoms with Gasteiger partial charge in [0.15, 0.2) is 12.4 Å². The molecular weight excluding hydrogens is 647 g/mol. The number of nitrogens with zero attached hydrogens (tertiary/aromatic N) is 2. The summed E-state index contributed by atoms with van der Waals surface area (Å²) >= 11 is 5.57. The van der Waals surface area contributed by atoms with Gasteiger partial charge >= 0.3 is 0 Å². The molecule has 0 amide bonds. The minimum Gasteiger partial charge on any atom is -1.00 e. The number of alkyl halides is 1. The smallest absolute Gasteiger partial charge is 0.171 e. The second kappa shape index (κ2) is 32.4. The third kappa shape index (κ3) is 27.3. The van der Waals surface area contributed by atoms with Gasteiger partial charge in [0.2, 0.25) is 0 Å². The summed E-state index contributed by atoms with van der Waals surface area (Å²) in [5, 5.41) is 0. The molecule has 0 aromatic carbocycles. The SMILES string of the molecule is CCCCC#CCCCCCCCl.CCCCC#CCCCCCC[n+]1ccc(C)c(C)c1.Cc1ccncc1C.[I-]. The van der Waals surface area contributed by atoms with Gasteiger partial charge in [0.25, 0.3) is 0 Å². The molecule has 0 spiro atoms. The highest BCUT2D eigenvalue weighted by Crippen LogP contribution is 2.05. The third-order valence-electron chi connectivity index (χ3n) is 7.01. The van der Waals surface area contributed by atoms with Gasteiger partial charge < -0.3 is 24.0 Å². The maximum absolute atomic E-state index is 5.57. The van der Waals surface area contributed by atoms with E-state index in [0.29, 0.717) is 0 Å². The average Bonchev–Trinajstić information content (AvgIpc) is 2.97. The average molecular weight is 707 g/mol. The number of hydrogen-bond acceptors (Lipinski definition) is 1. The molecule has 42 heavy (non-hydrogen) atoms. The minimum absolute atomic E-state index is 0. The highest BCUT2D eigenvalue weighted by Gasteiger charge is 2.02. The Morgan fingerprint density at radius 3 is 1.57 bits per heavy atom. The number of aromatic nitrogens is 2. The van der Waals surface area contributed by atoms with E-state index in [0.717, 1.165) is 44.5 Å². The van der Waals surface area contributed by atoms with Gasteiger partial charge in [0.1, 0.15) is 6.54 Å². The zero-order chi connectivity index (χ0) is 30.4. The molecule has 0 aliphatic carbocycles. The molecule has 0 bridgehead atoms. The normalized spacial score (nSPS) is 9.50. The molecule has 4 heteroatoms. The van der Waals surface area contributed by atoms with Crippen molar-refractivity contribution in [3.63, 3.8) is 0 Å². The van der Waals surface area contributed by atoms with Crippen LogP contribution >= 0.6 is 11.6 Å². The lowest BCUT2D eigenvalue weighted by atomic mass is 10.1. The van der Waals surface area contributed by atoms with Crippen LogP contribution in [-0.2, 0) is 6.54 Å². The second-order valence-corrected chi connectivity index (χ2v) is 11.3. The first-order chi connectivity index (χ1) is 20.0. The molecule has 0 aliphatic rings. The Kier molecular flexibility index (Phi) is 32.8. The Hall–Kier alpha value is -1.56. The lowest BCUT2D eigenvalue weighted by Crippen LogP contribution is -3.00. The molecule has 0 fully saturated rings. The van der Waals surface area contributed by atoms with Crippen LogP contribution in [0.2, 0.25) is 0 Å². The summed E-state index contributed by atoms with van der Waals surface area (Å²) in [6.07, 6.45) is 27.6. The molecule has 0 radical (unpaired) electrons. The van der Waals surface area contributed by atoms with E-state index in [1.165, 1.54) is 92.9 Å². The quantitative estimate of drug-likeness (QED) is 0.0608. The summed E-state index contributed by atoms with van der Waals surface area (Å²) in [5.41, 5.74) is 5.32. The van der Waals surface area contributed by atoms with Crippen LogP contribution in [0.4, 0.5) is 0 Å². The van der Waals surface area contributed by atoms with Crippen LogP contribution in [0.5, 0.6) is 0 Å². The zero-order valence-electron chi connectivity index (χ0n) is 27.8. The second-order valence-electron chi connectivity index (χ2n) is 10.9. The molecule has 2 rings (SSSR count). The number of hydrogen-bond donors (Lipinski definition) is 0. The van der Waals surface area contributed by atoms with Crippen molar-refractivity contribution in [2.24, 2.45) is 0 Å². The van der Waals surface area contributed by atoms with Gasteiger partial charge in [-0.25, -0.2) is 4.57 Å². The number of aryl methyl sites for hydroxylation is 5. The third-order valence-corrected chi connectivity index (χ3v) is 7.28. The maximum Gasteiger partial charge on any atom is 0.171 e. The van der Waals surface area contributed by atoms with Crippen LogP contribution in [0, 0.1) is 51.4 Å². The molecule has 0 aliphatic heterocycles. The van der Waals surface area contributed by atoms with Gasteiger partial charge in [-0.1, -0.05) is 46.0 Å². The van der Waals surface area contributed by atoms with Crippen molar-refractivity contribution in [1.29, 1.82) is 0 Å². The van der Waals surface area contributed by atoms with Crippen molar-refractivity contribution < 1.29 is 28.5 Å². The van der Waals surface area contributed by atoms with Crippen molar-refractivity contribution >= 4 is 11.6 Å². The van der Waals surface area contributed by atoms with Crippen molar-refractivity contribution in [3.05, 3.63) is 59.2 Å². The fourth-order valence-electron chi connectivity index (χ4n) is 3.82. The van der Waals surface area contributed by atoms with Gasteiger partial charge in [0, 0.05) is 62.0 Å². The Morgan fingerprint density at radius 2 is 1.12 bits per heavy atom. The summed E-state index contributed by atoms with van der Waals surface area (Å²) in [5.74, 6) is 13.8.